The molecule has 3 aromatic rings. The minimum absolute atomic E-state index is 0.0219. The number of carbonyl (C=O) groups excluding carboxylic acids is 2. The standard InChI is InChI=1S/C26H22N4O5S/c1-14-6-4-5-7-18(14)29-24(32)22-21(15-8-10-16(34-2)11-9-15)17(13-27)23(28)30-25(33)19(36-26(22)30)12-20(31)35-3/h4-12,21H,28H2,1-3H3,(H,29,32)/b19-12-. The first-order valence-electron chi connectivity index (χ1n) is 10.8. The number of aryl methyl sites for hydroxylation is 1. The van der Waals surface area contributed by atoms with Gasteiger partial charge < -0.3 is 20.5 Å². The van der Waals surface area contributed by atoms with Crippen molar-refractivity contribution < 1.29 is 19.1 Å². The number of nitrogens with one attached hydrogen (secondary N) is 1. The van der Waals surface area contributed by atoms with Gasteiger partial charge in [-0.15, -0.1) is 11.3 Å². The van der Waals surface area contributed by atoms with Gasteiger partial charge in [-0.1, -0.05) is 30.3 Å². The predicted molar refractivity (Wildman–Crippen MR) is 136 cm³/mol. The summed E-state index contributed by atoms with van der Waals surface area (Å²) in [5.41, 5.74) is 7.91. The van der Waals surface area contributed by atoms with E-state index in [-0.39, 0.29) is 26.2 Å². The van der Waals surface area contributed by atoms with Crippen molar-refractivity contribution in [3.8, 4) is 11.8 Å². The number of amides is 1. The SMILES string of the molecule is COC(=O)/C=c1\sc2n(c1=O)C(N)=C(C#N)C(c1ccc(OC)cc1)C=2C(=O)Nc1ccccc1C. The molecule has 1 aliphatic rings. The monoisotopic (exact) mass is 502 g/mol. The summed E-state index contributed by atoms with van der Waals surface area (Å²) >= 11 is 0.927. The highest BCUT2D eigenvalue weighted by molar-refractivity contribution is 7.07. The van der Waals surface area contributed by atoms with Crippen LogP contribution in [0, 0.1) is 18.3 Å². The molecule has 1 aliphatic heterocycles. The summed E-state index contributed by atoms with van der Waals surface area (Å²) in [7, 11) is 2.73. The van der Waals surface area contributed by atoms with Crippen molar-refractivity contribution in [2.45, 2.75) is 12.8 Å². The van der Waals surface area contributed by atoms with Crippen molar-refractivity contribution in [1.82, 2.24) is 4.57 Å². The molecule has 10 heteroatoms. The van der Waals surface area contributed by atoms with E-state index in [1.54, 1.807) is 36.4 Å². The Morgan fingerprint density at radius 1 is 1.17 bits per heavy atom. The number of fused-ring (bicyclic) bond motifs is 1. The van der Waals surface area contributed by atoms with Gasteiger partial charge in [-0.25, -0.2) is 4.79 Å². The molecule has 0 fully saturated rings. The maximum atomic E-state index is 13.8. The molecule has 0 spiro atoms. The average molecular weight is 503 g/mol. The Morgan fingerprint density at radius 3 is 2.47 bits per heavy atom. The number of allylic oxidation sites excluding steroid dienone is 1. The fourth-order valence-electron chi connectivity index (χ4n) is 3.97. The number of methoxy groups -OCH3 is 2. The number of aromatic nitrogens is 1. The number of nitriles is 1. The summed E-state index contributed by atoms with van der Waals surface area (Å²) in [5, 5.41) is 13.0. The van der Waals surface area contributed by atoms with Gasteiger partial charge >= 0.3 is 5.97 Å². The summed E-state index contributed by atoms with van der Waals surface area (Å²) < 4.78 is 11.2. The number of esters is 1. The minimum Gasteiger partial charge on any atom is -0.497 e. The van der Waals surface area contributed by atoms with E-state index in [0.29, 0.717) is 17.0 Å². The van der Waals surface area contributed by atoms with Crippen LogP contribution in [-0.2, 0) is 14.3 Å². The zero-order valence-electron chi connectivity index (χ0n) is 19.7. The number of ether oxygens (including phenoxy) is 2. The molecule has 36 heavy (non-hydrogen) atoms. The fraction of sp³-hybridized carbons (Fsp3) is 0.154. The van der Waals surface area contributed by atoms with Gasteiger partial charge in [0.15, 0.2) is 0 Å². The Labute approximate surface area is 210 Å². The van der Waals surface area contributed by atoms with Gasteiger partial charge in [-0.05, 0) is 36.2 Å². The van der Waals surface area contributed by atoms with E-state index in [0.717, 1.165) is 27.5 Å². The Kier molecular flexibility index (Phi) is 6.76. The first-order valence-corrected chi connectivity index (χ1v) is 11.6. The minimum atomic E-state index is -0.867. The molecular formula is C26H22N4O5S. The molecule has 0 bridgehead atoms. The smallest absolute Gasteiger partial charge is 0.332 e. The van der Waals surface area contributed by atoms with Gasteiger partial charge in [-0.2, -0.15) is 5.26 Å². The average Bonchev–Trinajstić information content (AvgIpc) is 3.20. The number of carbonyl (C=O) groups is 2. The second-order valence-corrected chi connectivity index (χ2v) is 8.91. The topological polar surface area (TPSA) is 136 Å². The van der Waals surface area contributed by atoms with Crippen LogP contribution in [0.2, 0.25) is 0 Å². The van der Waals surface area contributed by atoms with Gasteiger partial charge in [0.05, 0.1) is 37.4 Å². The summed E-state index contributed by atoms with van der Waals surface area (Å²) in [6.07, 6.45) is 1.04. The zero-order chi connectivity index (χ0) is 26.0. The van der Waals surface area contributed by atoms with Crippen LogP contribution in [0.5, 0.6) is 5.75 Å². The normalized spacial score (nSPS) is 15.2. The molecule has 2 heterocycles. The van der Waals surface area contributed by atoms with E-state index >= 15 is 0 Å². The van der Waals surface area contributed by atoms with Crippen molar-refractivity contribution in [3.63, 3.8) is 0 Å². The maximum Gasteiger partial charge on any atom is 0.332 e. The van der Waals surface area contributed by atoms with E-state index in [1.165, 1.54) is 14.2 Å². The second-order valence-electron chi connectivity index (χ2n) is 7.88. The fourth-order valence-corrected chi connectivity index (χ4v) is 5.10. The quantitative estimate of drug-likeness (QED) is 0.504. The predicted octanol–water partition coefficient (Wildman–Crippen LogP) is 1.42. The molecule has 2 aromatic carbocycles. The molecule has 1 atom stereocenters. The molecule has 1 aromatic heterocycles. The molecule has 1 unspecified atom stereocenters. The Hall–Kier alpha value is -4.62. The third-order valence-corrected chi connectivity index (χ3v) is 6.91. The molecule has 1 amide bonds. The van der Waals surface area contributed by atoms with Gasteiger partial charge in [0.1, 0.15) is 20.8 Å². The number of anilines is 1. The van der Waals surface area contributed by atoms with Crippen molar-refractivity contribution in [2.75, 3.05) is 19.5 Å². The summed E-state index contributed by atoms with van der Waals surface area (Å²) in [4.78, 5) is 38.9. The molecule has 3 N–H and O–H groups in total. The molecule has 0 saturated heterocycles. The van der Waals surface area contributed by atoms with Crippen LogP contribution in [0.15, 0.2) is 58.9 Å². The second kappa shape index (κ2) is 9.93. The zero-order valence-corrected chi connectivity index (χ0v) is 20.5. The van der Waals surface area contributed by atoms with Crippen molar-refractivity contribution in [1.29, 1.82) is 5.26 Å². The number of hydrogen-bond donors (Lipinski definition) is 2. The van der Waals surface area contributed by atoms with E-state index in [2.05, 4.69) is 16.1 Å². The van der Waals surface area contributed by atoms with Crippen molar-refractivity contribution in [3.05, 3.63) is 84.8 Å². The van der Waals surface area contributed by atoms with Crippen LogP contribution in [0.1, 0.15) is 17.0 Å². The number of hydrogen-bond acceptors (Lipinski definition) is 8. The molecular weight excluding hydrogens is 480 g/mol. The molecule has 182 valence electrons. The third kappa shape index (κ3) is 4.28. The highest BCUT2D eigenvalue weighted by Crippen LogP contribution is 2.37. The number of para-hydroxylation sites is 1. The van der Waals surface area contributed by atoms with Crippen LogP contribution in [-0.4, -0.2) is 30.7 Å². The van der Waals surface area contributed by atoms with Gasteiger partial charge in [0, 0.05) is 11.8 Å². The number of nitrogens with two attached hydrogens (primary N) is 1. The highest BCUT2D eigenvalue weighted by Gasteiger charge is 2.35. The lowest BCUT2D eigenvalue weighted by Gasteiger charge is -2.25. The lowest BCUT2D eigenvalue weighted by atomic mass is 9.83. The molecule has 0 aliphatic carbocycles. The number of rotatable bonds is 5. The number of thiazole rings is 1. The van der Waals surface area contributed by atoms with Gasteiger partial charge in [0.25, 0.3) is 11.5 Å². The molecule has 0 radical (unpaired) electrons. The Balaban J connectivity index is 2.05. The number of nitrogens with zero attached hydrogens (tertiary/aromatic N) is 2. The summed E-state index contributed by atoms with van der Waals surface area (Å²) in [5.74, 6) is -1.61. The van der Waals surface area contributed by atoms with Crippen LogP contribution < -0.4 is 30.5 Å². The van der Waals surface area contributed by atoms with Gasteiger partial charge in [-0.3, -0.25) is 14.2 Å². The maximum absolute atomic E-state index is 13.8. The van der Waals surface area contributed by atoms with E-state index in [4.69, 9.17) is 10.5 Å². The van der Waals surface area contributed by atoms with Crippen LogP contribution in [0.25, 0.3) is 17.5 Å². The summed E-state index contributed by atoms with van der Waals surface area (Å²) in [6.45, 7) is 1.85. The van der Waals surface area contributed by atoms with Crippen molar-refractivity contribution >= 4 is 46.4 Å². The van der Waals surface area contributed by atoms with E-state index in [1.807, 2.05) is 19.1 Å². The third-order valence-electron chi connectivity index (χ3n) is 5.81. The Bertz CT molecular complexity index is 1620. The number of benzene rings is 2. The van der Waals surface area contributed by atoms with E-state index in [9.17, 15) is 19.6 Å². The first kappa shape index (κ1) is 24.5. The Morgan fingerprint density at radius 2 is 1.86 bits per heavy atom. The lowest BCUT2D eigenvalue weighted by Crippen LogP contribution is -2.40. The molecule has 4 rings (SSSR count). The van der Waals surface area contributed by atoms with Crippen molar-refractivity contribution in [2.24, 2.45) is 5.73 Å². The first-order chi connectivity index (χ1) is 17.3. The largest absolute Gasteiger partial charge is 0.497 e. The molecule has 0 saturated carbocycles. The molecule has 9 nitrogen and oxygen atoms in total. The van der Waals surface area contributed by atoms with Crippen LogP contribution >= 0.6 is 11.3 Å². The van der Waals surface area contributed by atoms with Gasteiger partial charge in [0.2, 0.25) is 0 Å². The van der Waals surface area contributed by atoms with E-state index < -0.39 is 23.4 Å². The highest BCUT2D eigenvalue weighted by atomic mass is 32.1. The van der Waals surface area contributed by atoms with Crippen LogP contribution in [0.3, 0.4) is 0 Å². The summed E-state index contributed by atoms with van der Waals surface area (Å²) in [6, 6.07) is 16.2. The van der Waals surface area contributed by atoms with Crippen LogP contribution in [0.4, 0.5) is 5.69 Å². The lowest BCUT2D eigenvalue weighted by molar-refractivity contribution is -0.133.